The van der Waals surface area contributed by atoms with Crippen molar-refractivity contribution in [2.75, 3.05) is 31.6 Å². The number of amides is 4. The molecule has 4 amide bonds. The minimum Gasteiger partial charge on any atom is -0.334 e. The van der Waals surface area contributed by atoms with Crippen molar-refractivity contribution >= 4 is 29.6 Å². The van der Waals surface area contributed by atoms with E-state index in [2.05, 4.69) is 5.32 Å². The van der Waals surface area contributed by atoms with E-state index in [1.54, 1.807) is 21.7 Å². The Morgan fingerprint density at radius 3 is 2.53 bits per heavy atom. The van der Waals surface area contributed by atoms with Crippen molar-refractivity contribution in [2.24, 2.45) is 0 Å². The van der Waals surface area contributed by atoms with E-state index in [1.165, 1.54) is 6.42 Å². The van der Waals surface area contributed by atoms with Crippen LogP contribution >= 0.6 is 11.8 Å². The first kappa shape index (κ1) is 24.9. The molecule has 0 spiro atoms. The Morgan fingerprint density at radius 1 is 1.12 bits per heavy atom. The van der Waals surface area contributed by atoms with Crippen LogP contribution in [0.5, 0.6) is 0 Å². The average Bonchev–Trinajstić information content (AvgIpc) is 2.87. The molecule has 2 atom stereocenters. The van der Waals surface area contributed by atoms with E-state index in [0.29, 0.717) is 26.1 Å². The molecule has 0 aromatic heterocycles. The zero-order valence-corrected chi connectivity index (χ0v) is 21.1. The summed E-state index contributed by atoms with van der Waals surface area (Å²) < 4.78 is 0. The number of thioether (sulfide) groups is 1. The van der Waals surface area contributed by atoms with Crippen molar-refractivity contribution in [2.45, 2.75) is 70.2 Å². The standard InChI is InChI=1S/C25H37N5O3S/c1-3-27-18-23(31)29-21(14-15-34-2)24(32)28(20-12-8-5-9-13-20)17-22(29)30(27)25(33)26-16-19-10-6-4-7-11-19/h4,6-7,10-11,20-22H,3,5,8-9,12-18H2,1-2H3,(H,26,33)/t21-,22-/m0/s1. The minimum absolute atomic E-state index is 0.0557. The molecule has 1 aromatic rings. The normalized spacial score (nSPS) is 24.4. The highest BCUT2D eigenvalue weighted by molar-refractivity contribution is 7.98. The van der Waals surface area contributed by atoms with Crippen molar-refractivity contribution in [1.29, 1.82) is 0 Å². The molecule has 2 aliphatic heterocycles. The molecule has 2 heterocycles. The van der Waals surface area contributed by atoms with Crippen molar-refractivity contribution < 1.29 is 14.4 Å². The lowest BCUT2D eigenvalue weighted by atomic mass is 9.92. The number of likely N-dealkylation sites (N-methyl/N-ethyl adjacent to an activating group) is 1. The van der Waals surface area contributed by atoms with E-state index >= 15 is 0 Å². The molecular formula is C25H37N5O3S. The number of rotatable bonds is 7. The molecule has 1 aliphatic carbocycles. The van der Waals surface area contributed by atoms with E-state index in [4.69, 9.17) is 0 Å². The van der Waals surface area contributed by atoms with E-state index in [0.717, 1.165) is 37.0 Å². The topological polar surface area (TPSA) is 76.2 Å². The molecule has 3 fully saturated rings. The summed E-state index contributed by atoms with van der Waals surface area (Å²) in [6.45, 7) is 3.40. The van der Waals surface area contributed by atoms with Gasteiger partial charge in [-0.15, -0.1) is 0 Å². The number of nitrogens with zero attached hydrogens (tertiary/aromatic N) is 4. The molecule has 1 saturated carbocycles. The van der Waals surface area contributed by atoms with Crippen LogP contribution in [0.25, 0.3) is 0 Å². The smallest absolute Gasteiger partial charge is 0.334 e. The Balaban J connectivity index is 1.61. The molecule has 0 radical (unpaired) electrons. The number of benzene rings is 1. The van der Waals surface area contributed by atoms with E-state index in [9.17, 15) is 14.4 Å². The summed E-state index contributed by atoms with van der Waals surface area (Å²) in [7, 11) is 0. The van der Waals surface area contributed by atoms with Gasteiger partial charge >= 0.3 is 6.03 Å². The summed E-state index contributed by atoms with van der Waals surface area (Å²) in [5.41, 5.74) is 1.02. The van der Waals surface area contributed by atoms with Gasteiger partial charge in [-0.05, 0) is 36.8 Å². The average molecular weight is 488 g/mol. The first-order valence-corrected chi connectivity index (χ1v) is 13.9. The van der Waals surface area contributed by atoms with Gasteiger partial charge in [-0.2, -0.15) is 11.8 Å². The number of nitrogens with one attached hydrogen (secondary N) is 1. The maximum Gasteiger partial charge on any atom is 0.334 e. The van der Waals surface area contributed by atoms with Crippen LogP contribution in [0.15, 0.2) is 30.3 Å². The number of hydrazine groups is 1. The van der Waals surface area contributed by atoms with Crippen LogP contribution in [-0.4, -0.2) is 87.6 Å². The summed E-state index contributed by atoms with van der Waals surface area (Å²) in [4.78, 5) is 44.2. The Kier molecular flexibility index (Phi) is 8.37. The third-order valence-electron chi connectivity index (χ3n) is 7.25. The molecule has 4 rings (SSSR count). The van der Waals surface area contributed by atoms with E-state index in [1.807, 2.05) is 53.4 Å². The predicted molar refractivity (Wildman–Crippen MR) is 134 cm³/mol. The van der Waals surface area contributed by atoms with Gasteiger partial charge in [0, 0.05) is 19.1 Å². The second-order valence-corrected chi connectivity index (χ2v) is 10.3. The van der Waals surface area contributed by atoms with E-state index < -0.39 is 12.2 Å². The molecule has 2 saturated heterocycles. The Bertz CT molecular complexity index is 863. The monoisotopic (exact) mass is 487 g/mol. The quantitative estimate of drug-likeness (QED) is 0.640. The molecule has 1 aromatic carbocycles. The second-order valence-electron chi connectivity index (χ2n) is 9.33. The maximum absolute atomic E-state index is 13.7. The van der Waals surface area contributed by atoms with Crippen LogP contribution in [-0.2, 0) is 16.1 Å². The van der Waals surface area contributed by atoms with Gasteiger partial charge in [-0.1, -0.05) is 56.5 Å². The zero-order chi connectivity index (χ0) is 24.1. The van der Waals surface area contributed by atoms with Crippen LogP contribution in [0.1, 0.15) is 51.0 Å². The number of hydrogen-bond donors (Lipinski definition) is 1. The number of fused-ring (bicyclic) bond motifs is 1. The van der Waals surface area contributed by atoms with Gasteiger partial charge in [-0.25, -0.2) is 14.8 Å². The fourth-order valence-electron chi connectivity index (χ4n) is 5.51. The molecule has 3 aliphatic rings. The van der Waals surface area contributed by atoms with Gasteiger partial charge in [0.25, 0.3) is 0 Å². The molecule has 9 heteroatoms. The Hall–Kier alpha value is -2.26. The maximum atomic E-state index is 13.7. The third-order valence-corrected chi connectivity index (χ3v) is 7.89. The lowest BCUT2D eigenvalue weighted by molar-refractivity contribution is -0.192. The summed E-state index contributed by atoms with van der Waals surface area (Å²) >= 11 is 1.68. The van der Waals surface area contributed by atoms with E-state index in [-0.39, 0.29) is 30.4 Å². The van der Waals surface area contributed by atoms with Crippen LogP contribution in [0.3, 0.4) is 0 Å². The molecule has 186 valence electrons. The van der Waals surface area contributed by atoms with Gasteiger partial charge in [0.05, 0.1) is 13.1 Å². The summed E-state index contributed by atoms with van der Waals surface area (Å²) in [6, 6.07) is 9.27. The highest BCUT2D eigenvalue weighted by Gasteiger charge is 2.52. The lowest BCUT2D eigenvalue weighted by Crippen LogP contribution is -2.77. The third kappa shape index (κ3) is 5.20. The van der Waals surface area contributed by atoms with Gasteiger partial charge in [0.15, 0.2) is 0 Å². The summed E-state index contributed by atoms with van der Waals surface area (Å²) in [5.74, 6) is 0.783. The predicted octanol–water partition coefficient (Wildman–Crippen LogP) is 2.90. The SMILES string of the molecule is CCN1CC(=O)N2[C@@H](CCSC)C(=O)N(C3CCCCC3)C[C@@H]2N1C(=O)NCc1ccccc1. The van der Waals surface area contributed by atoms with Gasteiger partial charge in [0.2, 0.25) is 11.8 Å². The molecule has 0 unspecified atom stereocenters. The van der Waals surface area contributed by atoms with Crippen LogP contribution in [0.2, 0.25) is 0 Å². The molecule has 34 heavy (non-hydrogen) atoms. The number of carbonyl (C=O) groups is 3. The molecular weight excluding hydrogens is 450 g/mol. The highest BCUT2D eigenvalue weighted by atomic mass is 32.2. The van der Waals surface area contributed by atoms with Crippen molar-refractivity contribution in [3.8, 4) is 0 Å². The van der Waals surface area contributed by atoms with Crippen molar-refractivity contribution in [1.82, 2.24) is 25.1 Å². The number of carbonyl (C=O) groups excluding carboxylic acids is 3. The van der Waals surface area contributed by atoms with Gasteiger partial charge in [-0.3, -0.25) is 9.59 Å². The van der Waals surface area contributed by atoms with Crippen LogP contribution in [0.4, 0.5) is 4.79 Å². The number of piperazine rings is 1. The fraction of sp³-hybridized carbons (Fsp3) is 0.640. The van der Waals surface area contributed by atoms with Gasteiger partial charge < -0.3 is 15.1 Å². The van der Waals surface area contributed by atoms with Crippen LogP contribution in [0, 0.1) is 0 Å². The molecule has 8 nitrogen and oxygen atoms in total. The largest absolute Gasteiger partial charge is 0.334 e. The lowest BCUT2D eigenvalue weighted by Gasteiger charge is -2.56. The first-order valence-electron chi connectivity index (χ1n) is 12.5. The van der Waals surface area contributed by atoms with Gasteiger partial charge in [0.1, 0.15) is 12.2 Å². The highest BCUT2D eigenvalue weighted by Crippen LogP contribution is 2.32. The van der Waals surface area contributed by atoms with Crippen LogP contribution < -0.4 is 5.32 Å². The Morgan fingerprint density at radius 2 is 1.85 bits per heavy atom. The number of hydrogen-bond acceptors (Lipinski definition) is 5. The zero-order valence-electron chi connectivity index (χ0n) is 20.3. The van der Waals surface area contributed by atoms with Crippen molar-refractivity contribution in [3.63, 3.8) is 0 Å². The fourth-order valence-corrected chi connectivity index (χ4v) is 5.96. The molecule has 0 bridgehead atoms. The number of urea groups is 1. The first-order chi connectivity index (χ1) is 16.5. The molecule has 1 N–H and O–H groups in total. The minimum atomic E-state index is -0.510. The summed E-state index contributed by atoms with van der Waals surface area (Å²) in [6.07, 6.45) is 7.60. The second kappa shape index (κ2) is 11.4. The summed E-state index contributed by atoms with van der Waals surface area (Å²) in [5, 5.41) is 6.57. The Labute approximate surface area is 207 Å². The van der Waals surface area contributed by atoms with Crippen molar-refractivity contribution in [3.05, 3.63) is 35.9 Å².